The van der Waals surface area contributed by atoms with Gasteiger partial charge in [-0.05, 0) is 31.6 Å². The molecule has 0 aromatic heterocycles. The van der Waals surface area contributed by atoms with Gasteiger partial charge in [0.2, 0.25) is 0 Å². The van der Waals surface area contributed by atoms with E-state index in [1.807, 2.05) is 0 Å². The number of rotatable bonds is 85. The maximum atomic E-state index is 13.1. The summed E-state index contributed by atoms with van der Waals surface area (Å²) >= 11 is 0. The van der Waals surface area contributed by atoms with Crippen LogP contribution in [-0.4, -0.2) is 96.7 Å². The van der Waals surface area contributed by atoms with Crippen LogP contribution in [0.5, 0.6) is 0 Å². The van der Waals surface area contributed by atoms with Crippen molar-refractivity contribution < 1.29 is 80.2 Å². The lowest BCUT2D eigenvalue weighted by Crippen LogP contribution is -2.30. The highest BCUT2D eigenvalue weighted by molar-refractivity contribution is 7.47. The molecule has 0 radical (unpaired) electrons. The van der Waals surface area contributed by atoms with Gasteiger partial charge in [-0.25, -0.2) is 9.13 Å². The number of unbranched alkanes of at least 4 members (excludes halogenated alkanes) is 57. The summed E-state index contributed by atoms with van der Waals surface area (Å²) in [5, 5.41) is 10.7. The van der Waals surface area contributed by atoms with Crippen LogP contribution in [-0.2, 0) is 65.4 Å². The van der Waals surface area contributed by atoms with Crippen LogP contribution in [0, 0.1) is 5.92 Å². The fraction of sp³-hybridized carbons (Fsp3) is 0.953. The lowest BCUT2D eigenvalue weighted by Gasteiger charge is -2.21. The van der Waals surface area contributed by atoms with E-state index in [-0.39, 0.29) is 25.7 Å². The van der Waals surface area contributed by atoms with Crippen molar-refractivity contribution in [3.63, 3.8) is 0 Å². The quantitative estimate of drug-likeness (QED) is 0.0222. The van der Waals surface area contributed by atoms with E-state index in [4.69, 9.17) is 37.0 Å². The Morgan fingerprint density at radius 2 is 0.442 bits per heavy atom. The van der Waals surface area contributed by atoms with Crippen molar-refractivity contribution in [3.8, 4) is 0 Å². The molecule has 0 bridgehead atoms. The van der Waals surface area contributed by atoms with Gasteiger partial charge in [-0.15, -0.1) is 0 Å². The standard InChI is InChI=1S/C85H166O17P2/c1-6-9-12-15-18-21-24-27-29-30-31-32-36-40-44-49-54-59-64-69-83(88)96-75-81(102-85(90)71-66-61-56-51-46-41-37-34-33-35-38-42-47-52-57-62-67-78(4)5)77-100-104(93,94)98-73-79(86)72-97-103(91,92)99-76-80(74-95-82(87)68-63-58-53-48-43-26-23-20-17-14-11-8-3)101-84(89)70-65-60-55-50-45-39-28-25-22-19-16-13-10-7-2/h78-81,86H,6-77H2,1-5H3,(H,91,92)(H,93,94)/t79-,80+,81+/m0/s1. The van der Waals surface area contributed by atoms with E-state index in [1.165, 1.54) is 283 Å². The van der Waals surface area contributed by atoms with Crippen LogP contribution in [0.4, 0.5) is 0 Å². The molecule has 0 fully saturated rings. The predicted octanol–water partition coefficient (Wildman–Crippen LogP) is 26.0. The fourth-order valence-corrected chi connectivity index (χ4v) is 14.9. The van der Waals surface area contributed by atoms with Crippen LogP contribution in [0.1, 0.15) is 458 Å². The van der Waals surface area contributed by atoms with Crippen molar-refractivity contribution in [1.82, 2.24) is 0 Å². The van der Waals surface area contributed by atoms with E-state index in [1.54, 1.807) is 0 Å². The Morgan fingerprint density at radius 1 is 0.260 bits per heavy atom. The fourth-order valence-electron chi connectivity index (χ4n) is 13.3. The first-order valence-corrected chi connectivity index (χ1v) is 47.1. The molecule has 19 heteroatoms. The Kier molecular flexibility index (Phi) is 76.3. The Hall–Kier alpha value is -1.94. The minimum absolute atomic E-state index is 0.109. The third kappa shape index (κ3) is 78.2. The highest BCUT2D eigenvalue weighted by Crippen LogP contribution is 2.45. The average Bonchev–Trinajstić information content (AvgIpc) is 0.912. The first-order chi connectivity index (χ1) is 50.5. The maximum absolute atomic E-state index is 13.1. The molecule has 5 atom stereocenters. The summed E-state index contributed by atoms with van der Waals surface area (Å²) < 4.78 is 68.9. The third-order valence-corrected chi connectivity index (χ3v) is 21.9. The van der Waals surface area contributed by atoms with Gasteiger partial charge in [0.05, 0.1) is 26.4 Å². The van der Waals surface area contributed by atoms with Crippen LogP contribution >= 0.6 is 15.6 Å². The summed E-state index contributed by atoms with van der Waals surface area (Å²) in [6.07, 6.45) is 70.7. The van der Waals surface area contributed by atoms with E-state index < -0.39 is 97.5 Å². The lowest BCUT2D eigenvalue weighted by molar-refractivity contribution is -0.161. The largest absolute Gasteiger partial charge is 0.472 e. The number of carbonyl (C=O) groups excluding carboxylic acids is 4. The predicted molar refractivity (Wildman–Crippen MR) is 428 cm³/mol. The molecule has 0 aromatic rings. The van der Waals surface area contributed by atoms with E-state index in [0.717, 1.165) is 95.8 Å². The van der Waals surface area contributed by atoms with Crippen LogP contribution in [0.25, 0.3) is 0 Å². The highest BCUT2D eigenvalue weighted by atomic mass is 31.2. The molecule has 0 rings (SSSR count). The van der Waals surface area contributed by atoms with Crippen molar-refractivity contribution in [2.75, 3.05) is 39.6 Å². The second-order valence-corrected chi connectivity index (χ2v) is 34.0. The molecule has 104 heavy (non-hydrogen) atoms. The van der Waals surface area contributed by atoms with Gasteiger partial charge in [0.15, 0.2) is 12.2 Å². The molecule has 0 saturated carbocycles. The Morgan fingerprint density at radius 3 is 0.654 bits per heavy atom. The zero-order valence-electron chi connectivity index (χ0n) is 68.2. The molecule has 17 nitrogen and oxygen atoms in total. The van der Waals surface area contributed by atoms with Crippen molar-refractivity contribution >= 4 is 39.5 Å². The summed E-state index contributed by atoms with van der Waals surface area (Å²) in [4.78, 5) is 73.2. The number of phosphoric ester groups is 2. The van der Waals surface area contributed by atoms with E-state index in [0.29, 0.717) is 25.7 Å². The molecule has 0 amide bonds. The second kappa shape index (κ2) is 77.8. The summed E-state index contributed by atoms with van der Waals surface area (Å²) in [6, 6.07) is 0. The molecule has 618 valence electrons. The first kappa shape index (κ1) is 102. The number of aliphatic hydroxyl groups excluding tert-OH is 1. The number of phosphoric acid groups is 2. The minimum atomic E-state index is -4.96. The van der Waals surface area contributed by atoms with Gasteiger partial charge >= 0.3 is 39.5 Å². The van der Waals surface area contributed by atoms with Gasteiger partial charge < -0.3 is 33.8 Å². The van der Waals surface area contributed by atoms with E-state index >= 15 is 0 Å². The second-order valence-electron chi connectivity index (χ2n) is 31.1. The van der Waals surface area contributed by atoms with Crippen LogP contribution in [0.15, 0.2) is 0 Å². The number of ether oxygens (including phenoxy) is 4. The number of esters is 4. The summed E-state index contributed by atoms with van der Waals surface area (Å²) in [6.45, 7) is 7.39. The van der Waals surface area contributed by atoms with Gasteiger partial charge in [-0.2, -0.15) is 0 Å². The number of hydrogen-bond donors (Lipinski definition) is 3. The molecular formula is C85H166O17P2. The topological polar surface area (TPSA) is 237 Å². The summed E-state index contributed by atoms with van der Waals surface area (Å²) in [5.74, 6) is -1.29. The number of hydrogen-bond acceptors (Lipinski definition) is 15. The zero-order chi connectivity index (χ0) is 76.2. The van der Waals surface area contributed by atoms with E-state index in [2.05, 4.69) is 34.6 Å². The lowest BCUT2D eigenvalue weighted by atomic mass is 10.0. The summed E-state index contributed by atoms with van der Waals surface area (Å²) in [5.41, 5.74) is 0. The van der Waals surface area contributed by atoms with Crippen LogP contribution in [0.3, 0.4) is 0 Å². The maximum Gasteiger partial charge on any atom is 0.472 e. The molecule has 0 aliphatic carbocycles. The smallest absolute Gasteiger partial charge is 0.462 e. The molecule has 0 aliphatic heterocycles. The first-order valence-electron chi connectivity index (χ1n) is 44.1. The number of aliphatic hydroxyl groups is 1. The molecule has 3 N–H and O–H groups in total. The SMILES string of the molecule is CCCCCCCCCCCCCCCCCCCCCC(=O)OC[C@H](COP(=O)(O)OC[C@@H](O)COP(=O)(O)OC[C@@H](COC(=O)CCCCCCCCCCCCCC)OC(=O)CCCCCCCCCCCCCCCC)OC(=O)CCCCCCCCCCCCCCCCCCC(C)C. The van der Waals surface area contributed by atoms with Crippen molar-refractivity contribution in [2.24, 2.45) is 5.92 Å². The summed E-state index contributed by atoms with van der Waals surface area (Å²) in [7, 11) is -9.92. The Bertz CT molecular complexity index is 1980. The molecule has 0 saturated heterocycles. The molecule has 0 spiro atoms. The molecule has 0 heterocycles. The Labute approximate surface area is 638 Å². The van der Waals surface area contributed by atoms with Gasteiger partial charge in [0, 0.05) is 25.7 Å². The van der Waals surface area contributed by atoms with Crippen molar-refractivity contribution in [2.45, 2.75) is 477 Å². The van der Waals surface area contributed by atoms with Crippen molar-refractivity contribution in [1.29, 1.82) is 0 Å². The molecular weight excluding hydrogens is 1350 g/mol. The molecule has 0 aliphatic rings. The monoisotopic (exact) mass is 1520 g/mol. The van der Waals surface area contributed by atoms with Gasteiger partial charge in [-0.1, -0.05) is 407 Å². The van der Waals surface area contributed by atoms with Gasteiger partial charge in [0.25, 0.3) is 0 Å². The number of carbonyl (C=O) groups is 4. The van der Waals surface area contributed by atoms with Crippen LogP contribution < -0.4 is 0 Å². The normalized spacial score (nSPS) is 13.8. The van der Waals surface area contributed by atoms with E-state index in [9.17, 15) is 43.2 Å². The minimum Gasteiger partial charge on any atom is -0.462 e. The van der Waals surface area contributed by atoms with Crippen LogP contribution in [0.2, 0.25) is 0 Å². The van der Waals surface area contributed by atoms with Gasteiger partial charge in [0.1, 0.15) is 19.3 Å². The zero-order valence-corrected chi connectivity index (χ0v) is 70.0. The molecule has 2 unspecified atom stereocenters. The molecule has 0 aromatic carbocycles. The third-order valence-electron chi connectivity index (χ3n) is 20.0. The highest BCUT2D eigenvalue weighted by Gasteiger charge is 2.30. The average molecular weight is 1520 g/mol. The van der Waals surface area contributed by atoms with Crippen molar-refractivity contribution in [3.05, 3.63) is 0 Å². The van der Waals surface area contributed by atoms with Gasteiger partial charge in [-0.3, -0.25) is 37.3 Å². The Balaban J connectivity index is 5.24.